The SMILES string of the molecule is CC(C)Cc1nc2cccc3c(-c4ccccc4)c(-c4ccccc4)c1n23. The number of pyridine rings is 1. The van der Waals surface area contributed by atoms with Gasteiger partial charge in [-0.1, -0.05) is 80.6 Å². The van der Waals surface area contributed by atoms with Crippen LogP contribution in [0.15, 0.2) is 78.9 Å². The molecule has 2 nitrogen and oxygen atoms in total. The molecule has 0 fully saturated rings. The molecule has 0 saturated heterocycles. The molecule has 2 heteroatoms. The molecule has 0 bridgehead atoms. The van der Waals surface area contributed by atoms with Crippen LogP contribution in [0.2, 0.25) is 0 Å². The lowest BCUT2D eigenvalue weighted by molar-refractivity contribution is 0.641. The summed E-state index contributed by atoms with van der Waals surface area (Å²) in [5.41, 5.74) is 9.83. The Kier molecular flexibility index (Phi) is 3.71. The zero-order valence-electron chi connectivity index (χ0n) is 15.7. The van der Waals surface area contributed by atoms with Crippen LogP contribution in [0, 0.1) is 5.92 Å². The van der Waals surface area contributed by atoms with E-state index in [0.29, 0.717) is 5.92 Å². The molecule has 3 heterocycles. The van der Waals surface area contributed by atoms with Gasteiger partial charge in [-0.25, -0.2) is 4.98 Å². The fourth-order valence-electron chi connectivity index (χ4n) is 4.15. The van der Waals surface area contributed by atoms with Crippen molar-refractivity contribution in [1.29, 1.82) is 0 Å². The van der Waals surface area contributed by atoms with Crippen molar-refractivity contribution in [3.8, 4) is 22.3 Å². The second-order valence-electron chi connectivity index (χ2n) is 7.59. The molecule has 2 aromatic carbocycles. The van der Waals surface area contributed by atoms with E-state index in [-0.39, 0.29) is 0 Å². The van der Waals surface area contributed by atoms with E-state index in [4.69, 9.17) is 4.98 Å². The van der Waals surface area contributed by atoms with Crippen molar-refractivity contribution >= 4 is 16.7 Å². The molecule has 132 valence electrons. The Morgan fingerprint density at radius 2 is 1.37 bits per heavy atom. The normalized spacial score (nSPS) is 11.8. The molecule has 0 saturated carbocycles. The number of nitrogens with zero attached hydrogens (tertiary/aromatic N) is 2. The van der Waals surface area contributed by atoms with Gasteiger partial charge in [0.25, 0.3) is 0 Å². The van der Waals surface area contributed by atoms with Crippen molar-refractivity contribution in [3.63, 3.8) is 0 Å². The van der Waals surface area contributed by atoms with Crippen molar-refractivity contribution in [3.05, 3.63) is 84.6 Å². The maximum Gasteiger partial charge on any atom is 0.138 e. The first kappa shape index (κ1) is 16.1. The lowest BCUT2D eigenvalue weighted by Crippen LogP contribution is -1.95. The number of benzene rings is 2. The molecule has 0 radical (unpaired) electrons. The van der Waals surface area contributed by atoms with Crippen LogP contribution in [0.25, 0.3) is 38.9 Å². The van der Waals surface area contributed by atoms with Gasteiger partial charge in [-0.05, 0) is 35.6 Å². The molecule has 0 atom stereocenters. The zero-order valence-corrected chi connectivity index (χ0v) is 15.7. The van der Waals surface area contributed by atoms with E-state index in [2.05, 4.69) is 97.1 Å². The predicted molar refractivity (Wildman–Crippen MR) is 113 cm³/mol. The minimum Gasteiger partial charge on any atom is -0.292 e. The van der Waals surface area contributed by atoms with Gasteiger partial charge in [-0.2, -0.15) is 0 Å². The first-order valence-corrected chi connectivity index (χ1v) is 9.60. The van der Waals surface area contributed by atoms with Crippen LogP contribution in [-0.2, 0) is 6.42 Å². The maximum atomic E-state index is 5.00. The highest BCUT2D eigenvalue weighted by Crippen LogP contribution is 2.43. The van der Waals surface area contributed by atoms with Gasteiger partial charge in [0.05, 0.1) is 16.7 Å². The predicted octanol–water partition coefficient (Wildman–Crippen LogP) is 6.46. The smallest absolute Gasteiger partial charge is 0.138 e. The van der Waals surface area contributed by atoms with Gasteiger partial charge in [-0.15, -0.1) is 0 Å². The molecule has 0 unspecified atom stereocenters. The number of rotatable bonds is 4. The Morgan fingerprint density at radius 1 is 0.741 bits per heavy atom. The fourth-order valence-corrected chi connectivity index (χ4v) is 4.15. The fraction of sp³-hybridized carbons (Fsp3) is 0.160. The van der Waals surface area contributed by atoms with Crippen molar-refractivity contribution < 1.29 is 0 Å². The second-order valence-corrected chi connectivity index (χ2v) is 7.59. The van der Waals surface area contributed by atoms with Gasteiger partial charge >= 0.3 is 0 Å². The van der Waals surface area contributed by atoms with Crippen molar-refractivity contribution in [2.24, 2.45) is 5.92 Å². The summed E-state index contributed by atoms with van der Waals surface area (Å²) in [6, 6.07) is 27.9. The third kappa shape index (κ3) is 2.52. The summed E-state index contributed by atoms with van der Waals surface area (Å²) in [6.45, 7) is 4.52. The Balaban J connectivity index is 1.96. The summed E-state index contributed by atoms with van der Waals surface area (Å²) in [7, 11) is 0. The van der Waals surface area contributed by atoms with E-state index in [1.165, 1.54) is 39.0 Å². The molecule has 0 aliphatic carbocycles. The number of hydrogen-bond donors (Lipinski definition) is 0. The van der Waals surface area contributed by atoms with Crippen LogP contribution in [-0.4, -0.2) is 9.38 Å². The first-order chi connectivity index (χ1) is 13.2. The Morgan fingerprint density at radius 3 is 2.00 bits per heavy atom. The van der Waals surface area contributed by atoms with Crippen molar-refractivity contribution in [2.45, 2.75) is 20.3 Å². The van der Waals surface area contributed by atoms with Crippen LogP contribution in [0.1, 0.15) is 19.5 Å². The molecule has 0 N–H and O–H groups in total. The summed E-state index contributed by atoms with van der Waals surface area (Å²) >= 11 is 0. The maximum absolute atomic E-state index is 5.00. The molecular weight excluding hydrogens is 328 g/mol. The summed E-state index contributed by atoms with van der Waals surface area (Å²) in [5.74, 6) is 0.562. The van der Waals surface area contributed by atoms with Gasteiger partial charge < -0.3 is 0 Å². The monoisotopic (exact) mass is 350 g/mol. The molecule has 27 heavy (non-hydrogen) atoms. The average molecular weight is 350 g/mol. The van der Waals surface area contributed by atoms with E-state index in [1.54, 1.807) is 0 Å². The Bertz CT molecular complexity index is 1200. The van der Waals surface area contributed by atoms with Gasteiger partial charge in [0, 0.05) is 11.1 Å². The van der Waals surface area contributed by atoms with Crippen LogP contribution in [0.4, 0.5) is 0 Å². The Hall–Kier alpha value is -3.13. The van der Waals surface area contributed by atoms with E-state index >= 15 is 0 Å². The van der Waals surface area contributed by atoms with Crippen LogP contribution in [0.3, 0.4) is 0 Å². The highest BCUT2D eigenvalue weighted by molar-refractivity contribution is 6.06. The average Bonchev–Trinajstić information content (AvgIpc) is 3.22. The summed E-state index contributed by atoms with van der Waals surface area (Å²) in [5, 5.41) is 0. The Labute approximate surface area is 159 Å². The van der Waals surface area contributed by atoms with Crippen molar-refractivity contribution in [1.82, 2.24) is 9.38 Å². The number of hydrogen-bond acceptors (Lipinski definition) is 1. The van der Waals surface area contributed by atoms with E-state index in [1.807, 2.05) is 0 Å². The van der Waals surface area contributed by atoms with Gasteiger partial charge in [0.1, 0.15) is 5.65 Å². The molecule has 5 rings (SSSR count). The molecule has 0 aliphatic heterocycles. The quantitative estimate of drug-likeness (QED) is 0.364. The van der Waals surface area contributed by atoms with E-state index in [0.717, 1.165) is 12.1 Å². The number of aromatic nitrogens is 2. The summed E-state index contributed by atoms with van der Waals surface area (Å²) in [4.78, 5) is 5.00. The summed E-state index contributed by atoms with van der Waals surface area (Å²) < 4.78 is 2.35. The van der Waals surface area contributed by atoms with E-state index < -0.39 is 0 Å². The molecule has 0 amide bonds. The standard InChI is InChI=1S/C25H22N2/c1-17(2)16-20-25-24(19-12-7-4-8-13-19)23(18-10-5-3-6-11-18)21-14-9-15-22(26-20)27(21)25/h3-15,17H,16H2,1-2H3. The van der Waals surface area contributed by atoms with Crippen LogP contribution >= 0.6 is 0 Å². The largest absolute Gasteiger partial charge is 0.292 e. The third-order valence-electron chi connectivity index (χ3n) is 5.19. The second kappa shape index (κ2) is 6.24. The van der Waals surface area contributed by atoms with Crippen molar-refractivity contribution in [2.75, 3.05) is 0 Å². The minimum atomic E-state index is 0.562. The molecule has 5 aromatic rings. The van der Waals surface area contributed by atoms with E-state index in [9.17, 15) is 0 Å². The molecule has 3 aromatic heterocycles. The van der Waals surface area contributed by atoms with Gasteiger partial charge in [0.2, 0.25) is 0 Å². The third-order valence-corrected chi connectivity index (χ3v) is 5.19. The van der Waals surface area contributed by atoms with Crippen LogP contribution < -0.4 is 0 Å². The van der Waals surface area contributed by atoms with Crippen LogP contribution in [0.5, 0.6) is 0 Å². The summed E-state index contributed by atoms with van der Waals surface area (Å²) in [6.07, 6.45) is 0.981. The number of imidazole rings is 1. The molecule has 0 aliphatic rings. The topological polar surface area (TPSA) is 17.3 Å². The molecular formula is C25H22N2. The molecule has 0 spiro atoms. The first-order valence-electron chi connectivity index (χ1n) is 9.60. The highest BCUT2D eigenvalue weighted by Gasteiger charge is 2.24. The van der Waals surface area contributed by atoms with Gasteiger partial charge in [-0.3, -0.25) is 4.40 Å². The highest BCUT2D eigenvalue weighted by atomic mass is 15.0. The zero-order chi connectivity index (χ0) is 18.4. The lowest BCUT2D eigenvalue weighted by Gasteiger charge is -2.08. The minimum absolute atomic E-state index is 0.562. The van der Waals surface area contributed by atoms with Gasteiger partial charge in [0.15, 0.2) is 0 Å². The lowest BCUT2D eigenvalue weighted by atomic mass is 9.95.